The zero-order valence-corrected chi connectivity index (χ0v) is 20.6. The van der Waals surface area contributed by atoms with Crippen molar-refractivity contribution in [2.45, 2.75) is 71.1 Å². The molecule has 0 saturated heterocycles. The van der Waals surface area contributed by atoms with Crippen LogP contribution in [0.15, 0.2) is 60.7 Å². The first kappa shape index (κ1) is 24.7. The summed E-state index contributed by atoms with van der Waals surface area (Å²) in [5.74, 6) is 1.72. The molecule has 2 fully saturated rings. The second-order valence-electron chi connectivity index (χ2n) is 10.1. The second-order valence-corrected chi connectivity index (χ2v) is 10.1. The first-order valence-corrected chi connectivity index (χ1v) is 13.0. The monoisotopic (exact) mass is 464 g/mol. The van der Waals surface area contributed by atoms with Crippen molar-refractivity contribution in [1.82, 2.24) is 0 Å². The van der Waals surface area contributed by atoms with Crippen molar-refractivity contribution in [1.29, 1.82) is 0 Å². The Hall–Kier alpha value is -2.42. The van der Waals surface area contributed by atoms with E-state index < -0.39 is 11.6 Å². The van der Waals surface area contributed by atoms with Crippen LogP contribution in [0.2, 0.25) is 0 Å². The standard InChI is InChI=1S/C31H38F2O/c1-3-5-7-8-22-9-10-25-21-26(12-11-24(25)20-22)29-18-17-28(30(32)31(29)33)23-13-15-27(16-14-23)34-19-6-4-2/h3-6,13-18,22,24-26H,7-12,19-21H2,1-2H3/b5-3+,6-4+. The molecule has 0 heterocycles. The SMILES string of the molecule is C/C=C/CCC1CCC2CC(c3ccc(-c4ccc(OC/C=C/C)cc4)c(F)c3F)CCC2C1. The number of ether oxygens (including phenoxy) is 1. The van der Waals surface area contributed by atoms with Crippen molar-refractivity contribution in [3.8, 4) is 16.9 Å². The maximum atomic E-state index is 15.3. The van der Waals surface area contributed by atoms with Crippen molar-refractivity contribution in [3.05, 3.63) is 77.9 Å². The molecular weight excluding hydrogens is 426 g/mol. The van der Waals surface area contributed by atoms with E-state index in [-0.39, 0.29) is 5.92 Å². The van der Waals surface area contributed by atoms with Gasteiger partial charge in [-0.3, -0.25) is 0 Å². The van der Waals surface area contributed by atoms with Gasteiger partial charge in [-0.25, -0.2) is 8.78 Å². The number of rotatable bonds is 8. The molecule has 182 valence electrons. The molecule has 2 saturated carbocycles. The Morgan fingerprint density at radius 1 is 0.824 bits per heavy atom. The van der Waals surface area contributed by atoms with Crippen molar-refractivity contribution in [2.24, 2.45) is 17.8 Å². The van der Waals surface area contributed by atoms with Gasteiger partial charge in [-0.15, -0.1) is 0 Å². The summed E-state index contributed by atoms with van der Waals surface area (Å²) < 4.78 is 36.0. The van der Waals surface area contributed by atoms with Crippen LogP contribution in [0, 0.1) is 29.4 Å². The molecular formula is C31H38F2O. The Morgan fingerprint density at radius 3 is 2.32 bits per heavy atom. The average molecular weight is 465 g/mol. The van der Waals surface area contributed by atoms with Crippen molar-refractivity contribution in [3.63, 3.8) is 0 Å². The molecule has 0 spiro atoms. The van der Waals surface area contributed by atoms with Crippen LogP contribution in [0.4, 0.5) is 8.78 Å². The highest BCUT2D eigenvalue weighted by Crippen LogP contribution is 2.49. The molecule has 1 nitrogen and oxygen atoms in total. The molecule has 0 aromatic heterocycles. The largest absolute Gasteiger partial charge is 0.490 e. The van der Waals surface area contributed by atoms with Crippen LogP contribution < -0.4 is 4.74 Å². The molecule has 2 aliphatic rings. The Labute approximate surface area is 203 Å². The zero-order chi connectivity index (χ0) is 23.9. The van der Waals surface area contributed by atoms with E-state index in [1.54, 1.807) is 30.3 Å². The van der Waals surface area contributed by atoms with Crippen LogP contribution in [-0.2, 0) is 0 Å². The van der Waals surface area contributed by atoms with Crippen LogP contribution in [-0.4, -0.2) is 6.61 Å². The molecule has 34 heavy (non-hydrogen) atoms. The van der Waals surface area contributed by atoms with Crippen molar-refractivity contribution in [2.75, 3.05) is 6.61 Å². The van der Waals surface area contributed by atoms with Crippen LogP contribution in [0.3, 0.4) is 0 Å². The van der Waals surface area contributed by atoms with E-state index in [0.29, 0.717) is 35.0 Å². The molecule has 3 heteroatoms. The fourth-order valence-electron chi connectivity index (χ4n) is 6.10. The highest BCUT2D eigenvalue weighted by atomic mass is 19.2. The van der Waals surface area contributed by atoms with Gasteiger partial charge in [-0.2, -0.15) is 0 Å². The Balaban J connectivity index is 1.41. The third-order valence-corrected chi connectivity index (χ3v) is 8.00. The van der Waals surface area contributed by atoms with Crippen molar-refractivity contribution >= 4 is 0 Å². The minimum atomic E-state index is -0.727. The summed E-state index contributed by atoms with van der Waals surface area (Å²) in [6.45, 7) is 4.52. The Morgan fingerprint density at radius 2 is 1.56 bits per heavy atom. The summed E-state index contributed by atoms with van der Waals surface area (Å²) in [5, 5.41) is 0. The zero-order valence-electron chi connectivity index (χ0n) is 20.6. The topological polar surface area (TPSA) is 9.23 Å². The van der Waals surface area contributed by atoms with Gasteiger partial charge in [0.15, 0.2) is 11.6 Å². The van der Waals surface area contributed by atoms with E-state index in [0.717, 1.165) is 31.1 Å². The van der Waals surface area contributed by atoms with Crippen LogP contribution in [0.1, 0.15) is 76.7 Å². The van der Waals surface area contributed by atoms with E-state index in [1.807, 2.05) is 25.1 Å². The smallest absolute Gasteiger partial charge is 0.166 e. The van der Waals surface area contributed by atoms with Gasteiger partial charge in [0.2, 0.25) is 0 Å². The highest BCUT2D eigenvalue weighted by Gasteiger charge is 2.36. The molecule has 0 N–H and O–H groups in total. The highest BCUT2D eigenvalue weighted by molar-refractivity contribution is 5.65. The Kier molecular flexibility index (Phi) is 8.59. The fourth-order valence-corrected chi connectivity index (χ4v) is 6.10. The number of fused-ring (bicyclic) bond motifs is 1. The summed E-state index contributed by atoms with van der Waals surface area (Å²) in [4.78, 5) is 0. The maximum Gasteiger partial charge on any atom is 0.166 e. The van der Waals surface area contributed by atoms with Gasteiger partial charge in [-0.05, 0) is 106 Å². The molecule has 4 rings (SSSR count). The normalized spacial score (nSPS) is 25.1. The molecule has 0 amide bonds. The lowest BCUT2D eigenvalue weighted by atomic mass is 9.63. The van der Waals surface area contributed by atoms with Gasteiger partial charge in [0.1, 0.15) is 12.4 Å². The molecule has 4 unspecified atom stereocenters. The fraction of sp³-hybridized carbons (Fsp3) is 0.484. The predicted octanol–water partition coefficient (Wildman–Crippen LogP) is 9.24. The van der Waals surface area contributed by atoms with Gasteiger partial charge in [-0.1, -0.05) is 55.0 Å². The predicted molar refractivity (Wildman–Crippen MR) is 137 cm³/mol. The summed E-state index contributed by atoms with van der Waals surface area (Å²) in [5.41, 5.74) is 1.55. The van der Waals surface area contributed by atoms with Crippen LogP contribution in [0.25, 0.3) is 11.1 Å². The molecule has 0 bridgehead atoms. The first-order chi connectivity index (χ1) is 16.6. The van der Waals surface area contributed by atoms with E-state index in [1.165, 1.54) is 32.1 Å². The third-order valence-electron chi connectivity index (χ3n) is 8.00. The first-order valence-electron chi connectivity index (χ1n) is 13.0. The number of halogens is 2. The van der Waals surface area contributed by atoms with Gasteiger partial charge in [0.25, 0.3) is 0 Å². The minimum Gasteiger partial charge on any atom is -0.490 e. The van der Waals surface area contributed by atoms with Gasteiger partial charge < -0.3 is 4.74 Å². The number of allylic oxidation sites excluding steroid dienone is 3. The maximum absolute atomic E-state index is 15.3. The minimum absolute atomic E-state index is 0.131. The number of hydrogen-bond donors (Lipinski definition) is 0. The number of hydrogen-bond acceptors (Lipinski definition) is 1. The summed E-state index contributed by atoms with van der Waals surface area (Å²) >= 11 is 0. The lowest BCUT2D eigenvalue weighted by Crippen LogP contribution is -2.30. The van der Waals surface area contributed by atoms with E-state index in [2.05, 4.69) is 19.1 Å². The van der Waals surface area contributed by atoms with Crippen molar-refractivity contribution < 1.29 is 13.5 Å². The second kappa shape index (κ2) is 11.8. The summed E-state index contributed by atoms with van der Waals surface area (Å²) in [7, 11) is 0. The van der Waals surface area contributed by atoms with Gasteiger partial charge >= 0.3 is 0 Å². The van der Waals surface area contributed by atoms with E-state index in [4.69, 9.17) is 4.74 Å². The molecule has 2 aliphatic carbocycles. The van der Waals surface area contributed by atoms with Gasteiger partial charge in [0.05, 0.1) is 0 Å². The lowest BCUT2D eigenvalue weighted by molar-refractivity contribution is 0.114. The lowest BCUT2D eigenvalue weighted by Gasteiger charge is -2.42. The molecule has 0 aliphatic heterocycles. The van der Waals surface area contributed by atoms with E-state index in [9.17, 15) is 0 Å². The summed E-state index contributed by atoms with van der Waals surface area (Å²) in [6.07, 6.45) is 17.7. The Bertz CT molecular complexity index is 991. The molecule has 2 aromatic rings. The number of benzene rings is 2. The molecule has 4 atom stereocenters. The van der Waals surface area contributed by atoms with Crippen LogP contribution >= 0.6 is 0 Å². The molecule has 0 radical (unpaired) electrons. The third kappa shape index (κ3) is 5.79. The quantitative estimate of drug-likeness (QED) is 0.354. The average Bonchev–Trinajstić information content (AvgIpc) is 2.86. The van der Waals surface area contributed by atoms with E-state index >= 15 is 8.78 Å². The van der Waals surface area contributed by atoms with Crippen LogP contribution in [0.5, 0.6) is 5.75 Å². The summed E-state index contributed by atoms with van der Waals surface area (Å²) in [6, 6.07) is 10.8. The van der Waals surface area contributed by atoms with Gasteiger partial charge in [0, 0.05) is 5.56 Å². The molecule has 2 aromatic carbocycles.